The van der Waals surface area contributed by atoms with Crippen molar-refractivity contribution in [2.24, 2.45) is 0 Å². The smallest absolute Gasteiger partial charge is 0.237 e. The fourth-order valence-corrected chi connectivity index (χ4v) is 3.05. The van der Waals surface area contributed by atoms with Crippen molar-refractivity contribution in [3.8, 4) is 0 Å². The third kappa shape index (κ3) is 4.88. The van der Waals surface area contributed by atoms with E-state index in [0.29, 0.717) is 0 Å². The number of benzene rings is 2. The Bertz CT molecular complexity index is 691. The molecule has 2 aromatic rings. The van der Waals surface area contributed by atoms with Crippen LogP contribution in [-0.2, 0) is 4.79 Å². The Morgan fingerprint density at radius 3 is 2.43 bits per heavy atom. The number of hydrogen-bond donors (Lipinski definition) is 1. The number of anilines is 2. The second-order valence-corrected chi connectivity index (χ2v) is 7.09. The van der Waals surface area contributed by atoms with Gasteiger partial charge >= 0.3 is 0 Å². The van der Waals surface area contributed by atoms with Crippen LogP contribution in [0.2, 0.25) is 5.02 Å². The predicted octanol–water partition coefficient (Wildman–Crippen LogP) is 4.66. The number of nitrogens with zero attached hydrogens (tertiary/aromatic N) is 1. The second kappa shape index (κ2) is 7.70. The van der Waals surface area contributed by atoms with Gasteiger partial charge in [-0.05, 0) is 49.4 Å². The van der Waals surface area contributed by atoms with E-state index in [1.807, 2.05) is 43.3 Å². The van der Waals surface area contributed by atoms with Crippen LogP contribution in [0, 0.1) is 5.82 Å². The van der Waals surface area contributed by atoms with E-state index in [9.17, 15) is 9.18 Å². The van der Waals surface area contributed by atoms with E-state index in [2.05, 4.69) is 5.32 Å². The third-order valence-corrected chi connectivity index (χ3v) is 4.61. The molecule has 2 rings (SSSR count). The van der Waals surface area contributed by atoms with E-state index in [1.165, 1.54) is 23.9 Å². The van der Waals surface area contributed by atoms with E-state index in [-0.39, 0.29) is 16.2 Å². The highest BCUT2D eigenvalue weighted by Crippen LogP contribution is 2.28. The summed E-state index contributed by atoms with van der Waals surface area (Å²) in [5.41, 5.74) is 1.80. The molecule has 0 aliphatic heterocycles. The van der Waals surface area contributed by atoms with Crippen molar-refractivity contribution in [2.75, 3.05) is 24.3 Å². The van der Waals surface area contributed by atoms with Crippen molar-refractivity contribution in [2.45, 2.75) is 17.1 Å². The average molecular weight is 353 g/mol. The molecule has 0 aliphatic rings. The zero-order valence-electron chi connectivity index (χ0n) is 13.1. The summed E-state index contributed by atoms with van der Waals surface area (Å²) >= 11 is 7.08. The maximum absolute atomic E-state index is 13.1. The first kappa shape index (κ1) is 17.6. The van der Waals surface area contributed by atoms with Crippen molar-refractivity contribution >= 4 is 40.6 Å². The Hall–Kier alpha value is -1.72. The number of carbonyl (C=O) groups excluding carboxylic acids is 1. The molecular formula is C17H18ClFN2OS. The standard InChI is InChI=1S/C17H18ClFN2OS/c1-11(23-14-8-9-16(19)15(18)10-14)17(22)20-12-4-6-13(7-5-12)21(2)3/h4-11H,1-3H3,(H,20,22). The lowest BCUT2D eigenvalue weighted by Gasteiger charge is -2.15. The maximum Gasteiger partial charge on any atom is 0.237 e. The van der Waals surface area contributed by atoms with Crippen molar-refractivity contribution in [3.05, 3.63) is 53.3 Å². The molecule has 0 heterocycles. The van der Waals surface area contributed by atoms with E-state index >= 15 is 0 Å². The topological polar surface area (TPSA) is 32.3 Å². The molecule has 122 valence electrons. The van der Waals surface area contributed by atoms with Crippen LogP contribution in [0.1, 0.15) is 6.92 Å². The number of rotatable bonds is 5. The summed E-state index contributed by atoms with van der Waals surface area (Å²) < 4.78 is 13.1. The minimum absolute atomic E-state index is 0.0573. The van der Waals surface area contributed by atoms with Crippen LogP contribution in [0.15, 0.2) is 47.4 Å². The van der Waals surface area contributed by atoms with Gasteiger partial charge in [0.25, 0.3) is 0 Å². The van der Waals surface area contributed by atoms with Gasteiger partial charge in [-0.25, -0.2) is 4.39 Å². The van der Waals surface area contributed by atoms with Crippen LogP contribution in [0.3, 0.4) is 0 Å². The van der Waals surface area contributed by atoms with Crippen LogP contribution in [0.25, 0.3) is 0 Å². The molecule has 1 amide bonds. The molecule has 0 saturated heterocycles. The molecular weight excluding hydrogens is 335 g/mol. The predicted molar refractivity (Wildman–Crippen MR) is 96.1 cm³/mol. The molecule has 1 atom stereocenters. The fraction of sp³-hybridized carbons (Fsp3) is 0.235. The molecule has 1 unspecified atom stereocenters. The lowest BCUT2D eigenvalue weighted by atomic mass is 10.2. The zero-order chi connectivity index (χ0) is 17.0. The Morgan fingerprint density at radius 1 is 1.22 bits per heavy atom. The first-order valence-electron chi connectivity index (χ1n) is 7.07. The van der Waals surface area contributed by atoms with E-state index in [0.717, 1.165) is 16.3 Å². The number of halogens is 2. The van der Waals surface area contributed by atoms with Gasteiger partial charge in [-0.15, -0.1) is 11.8 Å². The van der Waals surface area contributed by atoms with Crippen LogP contribution >= 0.6 is 23.4 Å². The quantitative estimate of drug-likeness (QED) is 0.794. The number of hydrogen-bond acceptors (Lipinski definition) is 3. The molecule has 0 saturated carbocycles. The molecule has 0 aliphatic carbocycles. The maximum atomic E-state index is 13.1. The van der Waals surface area contributed by atoms with Crippen molar-refractivity contribution < 1.29 is 9.18 Å². The second-order valence-electron chi connectivity index (χ2n) is 5.27. The first-order chi connectivity index (χ1) is 10.9. The lowest BCUT2D eigenvalue weighted by Crippen LogP contribution is -2.22. The zero-order valence-corrected chi connectivity index (χ0v) is 14.7. The van der Waals surface area contributed by atoms with Crippen molar-refractivity contribution in [3.63, 3.8) is 0 Å². The van der Waals surface area contributed by atoms with Gasteiger partial charge in [-0.1, -0.05) is 11.6 Å². The first-order valence-corrected chi connectivity index (χ1v) is 8.32. The monoisotopic (exact) mass is 352 g/mol. The number of carbonyl (C=O) groups is 1. The van der Waals surface area contributed by atoms with Crippen LogP contribution < -0.4 is 10.2 Å². The van der Waals surface area contributed by atoms with Gasteiger partial charge in [0.15, 0.2) is 0 Å². The van der Waals surface area contributed by atoms with Crippen molar-refractivity contribution in [1.82, 2.24) is 0 Å². The molecule has 3 nitrogen and oxygen atoms in total. The minimum Gasteiger partial charge on any atom is -0.378 e. The number of nitrogens with one attached hydrogen (secondary N) is 1. The molecule has 0 bridgehead atoms. The molecule has 0 fully saturated rings. The summed E-state index contributed by atoms with van der Waals surface area (Å²) in [5.74, 6) is -0.581. The lowest BCUT2D eigenvalue weighted by molar-refractivity contribution is -0.115. The van der Waals surface area contributed by atoms with Gasteiger partial charge in [0.2, 0.25) is 5.91 Å². The van der Waals surface area contributed by atoms with E-state index < -0.39 is 5.82 Å². The summed E-state index contributed by atoms with van der Waals surface area (Å²) in [4.78, 5) is 15.0. The summed E-state index contributed by atoms with van der Waals surface area (Å²) in [7, 11) is 3.92. The van der Waals surface area contributed by atoms with Gasteiger partial charge in [-0.2, -0.15) is 0 Å². The highest BCUT2D eigenvalue weighted by molar-refractivity contribution is 8.00. The van der Waals surface area contributed by atoms with Crippen LogP contribution in [-0.4, -0.2) is 25.3 Å². The third-order valence-electron chi connectivity index (χ3n) is 3.22. The fourth-order valence-electron chi connectivity index (χ4n) is 1.89. The minimum atomic E-state index is -0.464. The molecule has 1 N–H and O–H groups in total. The molecule has 23 heavy (non-hydrogen) atoms. The highest BCUT2D eigenvalue weighted by Gasteiger charge is 2.15. The van der Waals surface area contributed by atoms with Gasteiger partial charge in [0.1, 0.15) is 5.82 Å². The normalized spacial score (nSPS) is 11.9. The van der Waals surface area contributed by atoms with Gasteiger partial charge in [-0.3, -0.25) is 4.79 Å². The molecule has 0 radical (unpaired) electrons. The van der Waals surface area contributed by atoms with Crippen LogP contribution in [0.4, 0.5) is 15.8 Å². The van der Waals surface area contributed by atoms with Crippen LogP contribution in [0.5, 0.6) is 0 Å². The highest BCUT2D eigenvalue weighted by atomic mass is 35.5. The summed E-state index contributed by atoms with van der Waals surface area (Å²) in [6.45, 7) is 1.80. The Labute approximate surface area is 144 Å². The molecule has 0 aromatic heterocycles. The number of thioether (sulfide) groups is 1. The Kier molecular flexibility index (Phi) is 5.91. The van der Waals surface area contributed by atoms with Gasteiger partial charge in [0, 0.05) is 30.4 Å². The Balaban J connectivity index is 1.97. The average Bonchev–Trinajstić information content (AvgIpc) is 2.51. The molecule has 6 heteroatoms. The van der Waals surface area contributed by atoms with Crippen molar-refractivity contribution in [1.29, 1.82) is 0 Å². The summed E-state index contributed by atoms with van der Waals surface area (Å²) in [6, 6.07) is 12.0. The molecule has 0 spiro atoms. The summed E-state index contributed by atoms with van der Waals surface area (Å²) in [6.07, 6.45) is 0. The SMILES string of the molecule is CC(Sc1ccc(F)c(Cl)c1)C(=O)Nc1ccc(N(C)C)cc1. The number of amides is 1. The summed E-state index contributed by atoms with van der Waals surface area (Å²) in [5, 5.41) is 2.60. The Morgan fingerprint density at radius 2 is 1.87 bits per heavy atom. The van der Waals surface area contributed by atoms with E-state index in [1.54, 1.807) is 13.0 Å². The van der Waals surface area contributed by atoms with E-state index in [4.69, 9.17) is 11.6 Å². The van der Waals surface area contributed by atoms with Gasteiger partial charge < -0.3 is 10.2 Å². The largest absolute Gasteiger partial charge is 0.378 e. The molecule has 2 aromatic carbocycles. The van der Waals surface area contributed by atoms with Gasteiger partial charge in [0.05, 0.1) is 10.3 Å².